The van der Waals surface area contributed by atoms with E-state index in [-0.39, 0.29) is 6.16 Å². The Kier molecular flexibility index (Phi) is 6.16. The van der Waals surface area contributed by atoms with Crippen LogP contribution in [0, 0.1) is 0 Å². The molecule has 0 saturated carbocycles. The normalized spacial score (nSPS) is 17.1. The van der Waals surface area contributed by atoms with Gasteiger partial charge in [-0.1, -0.05) is 0 Å². The van der Waals surface area contributed by atoms with Crippen molar-refractivity contribution in [2.75, 3.05) is 25.5 Å². The predicted octanol–water partition coefficient (Wildman–Crippen LogP) is 0.451. The highest BCUT2D eigenvalue weighted by Crippen LogP contribution is 2.42. The molecule has 0 heterocycles. The molecule has 0 aliphatic heterocycles. The first-order chi connectivity index (χ1) is 6.02. The van der Waals surface area contributed by atoms with E-state index in [1.165, 1.54) is 0 Å². The second kappa shape index (κ2) is 6.27. The largest absolute Gasteiger partial charge is 0.392 e. The third kappa shape index (κ3) is 6.90. The Morgan fingerprint density at radius 1 is 1.62 bits per heavy atom. The van der Waals surface area contributed by atoms with Crippen molar-refractivity contribution >= 4 is 7.37 Å². The molecule has 0 aliphatic rings. The molecule has 6 heteroatoms. The van der Waals surface area contributed by atoms with E-state index in [1.54, 1.807) is 0 Å². The average molecular weight is 211 g/mol. The molecule has 0 radical (unpaired) electrons. The number of rotatable bonds is 6. The molecular formula is C7H15FNO3P. The fraction of sp³-hybridized carbons (Fsp3) is 0.714. The Morgan fingerprint density at radius 3 is 2.69 bits per heavy atom. The quantitative estimate of drug-likeness (QED) is 0.557. The Labute approximate surface area is 76.7 Å². The highest BCUT2D eigenvalue weighted by molar-refractivity contribution is 7.58. The molecular weight excluding hydrogens is 196 g/mol. The molecule has 13 heavy (non-hydrogen) atoms. The number of hydrogen-bond acceptors (Lipinski definition) is 3. The van der Waals surface area contributed by atoms with E-state index < -0.39 is 26.0 Å². The van der Waals surface area contributed by atoms with E-state index >= 15 is 0 Å². The maximum Gasteiger partial charge on any atom is 0.207 e. The monoisotopic (exact) mass is 211 g/mol. The molecule has 78 valence electrons. The zero-order valence-electron chi connectivity index (χ0n) is 7.32. The number of hydrogen-bond donors (Lipinski definition) is 3. The van der Waals surface area contributed by atoms with Crippen molar-refractivity contribution in [3.8, 4) is 0 Å². The van der Waals surface area contributed by atoms with Crippen LogP contribution in [-0.4, -0.2) is 35.5 Å². The van der Waals surface area contributed by atoms with Gasteiger partial charge in [-0.15, -0.1) is 0 Å². The van der Waals surface area contributed by atoms with Gasteiger partial charge in [0.15, 0.2) is 0 Å². The summed E-state index contributed by atoms with van der Waals surface area (Å²) >= 11 is 0. The first-order valence-corrected chi connectivity index (χ1v) is 6.01. The molecule has 0 bridgehead atoms. The second-order valence-electron chi connectivity index (χ2n) is 2.70. The van der Waals surface area contributed by atoms with E-state index in [0.717, 1.165) is 6.08 Å². The second-order valence-corrected chi connectivity index (χ2v) is 5.16. The van der Waals surface area contributed by atoms with E-state index in [2.05, 4.69) is 0 Å². The summed E-state index contributed by atoms with van der Waals surface area (Å²) in [5, 5.41) is 8.30. The number of allylic oxidation sites excluding steroid dienone is 1. The lowest BCUT2D eigenvalue weighted by atomic mass is 10.5. The molecule has 0 amide bonds. The molecule has 0 aromatic carbocycles. The van der Waals surface area contributed by atoms with Gasteiger partial charge in [0.2, 0.25) is 7.37 Å². The molecule has 4 nitrogen and oxygen atoms in total. The van der Waals surface area contributed by atoms with Crippen molar-refractivity contribution in [3.63, 3.8) is 0 Å². The maximum atomic E-state index is 12.7. The standard InChI is InChI=1S/C7H15FNO3P/c8-7(2-4-10)6-13(11,12)5-1-3-9/h2,10H,1,3-6,9H2,(H,11,12)/b7-2+. The lowest BCUT2D eigenvalue weighted by molar-refractivity contribution is 0.339. The molecule has 0 aromatic heterocycles. The van der Waals surface area contributed by atoms with E-state index in [4.69, 9.17) is 10.8 Å². The molecule has 0 spiro atoms. The molecule has 0 aliphatic carbocycles. The molecule has 1 atom stereocenters. The van der Waals surface area contributed by atoms with Gasteiger partial charge in [-0.2, -0.15) is 0 Å². The summed E-state index contributed by atoms with van der Waals surface area (Å²) in [7, 11) is -3.43. The fourth-order valence-corrected chi connectivity index (χ4v) is 2.25. The van der Waals surface area contributed by atoms with Gasteiger partial charge < -0.3 is 15.7 Å². The lowest BCUT2D eigenvalue weighted by Crippen LogP contribution is -2.04. The third-order valence-corrected chi connectivity index (χ3v) is 3.23. The van der Waals surface area contributed by atoms with E-state index in [0.29, 0.717) is 13.0 Å². The highest BCUT2D eigenvalue weighted by Gasteiger charge is 2.19. The van der Waals surface area contributed by atoms with Crippen molar-refractivity contribution in [3.05, 3.63) is 11.9 Å². The van der Waals surface area contributed by atoms with Crippen molar-refractivity contribution in [1.29, 1.82) is 0 Å². The molecule has 0 aromatic rings. The Balaban J connectivity index is 4.01. The van der Waals surface area contributed by atoms with Gasteiger partial charge in [-0.25, -0.2) is 4.39 Å². The fourth-order valence-electron chi connectivity index (χ4n) is 0.817. The van der Waals surface area contributed by atoms with Crippen molar-refractivity contribution in [2.24, 2.45) is 5.73 Å². The summed E-state index contributed by atoms with van der Waals surface area (Å²) in [5.41, 5.74) is 5.14. The molecule has 0 saturated heterocycles. The average Bonchev–Trinajstić information content (AvgIpc) is 2.00. The summed E-state index contributed by atoms with van der Waals surface area (Å²) in [6, 6.07) is 0. The smallest absolute Gasteiger partial charge is 0.207 e. The SMILES string of the molecule is NCCCP(=O)(O)C/C(F)=C\CO. The summed E-state index contributed by atoms with van der Waals surface area (Å²) in [5.74, 6) is -0.745. The summed E-state index contributed by atoms with van der Waals surface area (Å²) in [6.07, 6.45) is 0.801. The van der Waals surface area contributed by atoms with Crippen LogP contribution < -0.4 is 5.73 Å². The zero-order valence-corrected chi connectivity index (χ0v) is 8.21. The lowest BCUT2D eigenvalue weighted by Gasteiger charge is -2.08. The minimum Gasteiger partial charge on any atom is -0.392 e. The Bertz CT molecular complexity index is 220. The Morgan fingerprint density at radius 2 is 2.23 bits per heavy atom. The highest BCUT2D eigenvalue weighted by atomic mass is 31.2. The van der Waals surface area contributed by atoms with E-state index in [1.807, 2.05) is 0 Å². The number of halogens is 1. The molecule has 4 N–H and O–H groups in total. The van der Waals surface area contributed by atoms with Crippen LogP contribution >= 0.6 is 7.37 Å². The molecule has 1 unspecified atom stereocenters. The predicted molar refractivity (Wildman–Crippen MR) is 49.5 cm³/mol. The molecule has 0 fully saturated rings. The van der Waals surface area contributed by atoms with Gasteiger partial charge in [-0.05, 0) is 19.0 Å². The van der Waals surface area contributed by atoms with Gasteiger partial charge >= 0.3 is 0 Å². The van der Waals surface area contributed by atoms with Gasteiger partial charge in [0.1, 0.15) is 5.83 Å². The number of aliphatic hydroxyl groups excluding tert-OH is 1. The van der Waals surface area contributed by atoms with Crippen LogP contribution in [0.15, 0.2) is 11.9 Å². The van der Waals surface area contributed by atoms with Gasteiger partial charge in [0.05, 0.1) is 12.8 Å². The summed E-state index contributed by atoms with van der Waals surface area (Å²) in [6.45, 7) is -0.140. The topological polar surface area (TPSA) is 83.6 Å². The summed E-state index contributed by atoms with van der Waals surface area (Å²) < 4.78 is 23.9. The number of aliphatic hydroxyl groups is 1. The van der Waals surface area contributed by atoms with Crippen LogP contribution in [0.25, 0.3) is 0 Å². The zero-order chi connectivity index (χ0) is 10.3. The van der Waals surface area contributed by atoms with Crippen LogP contribution in [0.3, 0.4) is 0 Å². The minimum atomic E-state index is -3.43. The van der Waals surface area contributed by atoms with Crippen LogP contribution in [0.4, 0.5) is 4.39 Å². The molecule has 0 rings (SSSR count). The van der Waals surface area contributed by atoms with Gasteiger partial charge in [-0.3, -0.25) is 4.57 Å². The minimum absolute atomic E-state index is 0.0240. The first kappa shape index (κ1) is 12.8. The number of nitrogens with two attached hydrogens (primary N) is 1. The first-order valence-electron chi connectivity index (χ1n) is 3.98. The van der Waals surface area contributed by atoms with Gasteiger partial charge in [0.25, 0.3) is 0 Å². The van der Waals surface area contributed by atoms with Crippen LogP contribution in [0.1, 0.15) is 6.42 Å². The van der Waals surface area contributed by atoms with Crippen molar-refractivity contribution < 1.29 is 19.0 Å². The van der Waals surface area contributed by atoms with E-state index in [9.17, 15) is 13.8 Å². The maximum absolute atomic E-state index is 12.7. The van der Waals surface area contributed by atoms with Crippen molar-refractivity contribution in [2.45, 2.75) is 6.42 Å². The third-order valence-electron chi connectivity index (χ3n) is 1.42. The van der Waals surface area contributed by atoms with Crippen LogP contribution in [0.2, 0.25) is 0 Å². The van der Waals surface area contributed by atoms with Crippen LogP contribution in [-0.2, 0) is 4.57 Å². The van der Waals surface area contributed by atoms with Crippen molar-refractivity contribution in [1.82, 2.24) is 0 Å². The van der Waals surface area contributed by atoms with Gasteiger partial charge in [0, 0.05) is 6.16 Å². The summed E-state index contributed by atoms with van der Waals surface area (Å²) in [4.78, 5) is 9.18. The Hall–Kier alpha value is -0.220. The van der Waals surface area contributed by atoms with Crippen LogP contribution in [0.5, 0.6) is 0 Å².